The SMILES string of the molecule is O=C(NC(c1ccccc1)c1ccccc1)C(=O)N1CCN(c2ccccc2F)CC1. The van der Waals surface area contributed by atoms with Crippen molar-refractivity contribution < 1.29 is 14.0 Å². The lowest BCUT2D eigenvalue weighted by Crippen LogP contribution is -2.53. The number of halogens is 1. The molecule has 4 rings (SSSR count). The zero-order valence-corrected chi connectivity index (χ0v) is 17.1. The van der Waals surface area contributed by atoms with E-state index in [1.807, 2.05) is 65.6 Å². The van der Waals surface area contributed by atoms with E-state index in [2.05, 4.69) is 5.32 Å². The van der Waals surface area contributed by atoms with E-state index in [0.29, 0.717) is 31.9 Å². The molecule has 0 saturated carbocycles. The highest BCUT2D eigenvalue weighted by atomic mass is 19.1. The molecular weight excluding hydrogens is 393 g/mol. The summed E-state index contributed by atoms with van der Waals surface area (Å²) < 4.78 is 14.0. The topological polar surface area (TPSA) is 52.7 Å². The quantitative estimate of drug-likeness (QED) is 0.663. The minimum absolute atomic E-state index is 0.284. The first-order valence-corrected chi connectivity index (χ1v) is 10.3. The van der Waals surface area contributed by atoms with Gasteiger partial charge in [-0.05, 0) is 23.3 Å². The molecule has 1 aliphatic rings. The summed E-state index contributed by atoms with van der Waals surface area (Å²) >= 11 is 0. The average molecular weight is 417 g/mol. The monoisotopic (exact) mass is 417 g/mol. The third kappa shape index (κ3) is 4.74. The molecule has 0 aliphatic carbocycles. The molecule has 0 unspecified atom stereocenters. The van der Waals surface area contributed by atoms with E-state index in [9.17, 15) is 14.0 Å². The highest BCUT2D eigenvalue weighted by molar-refractivity contribution is 6.35. The number of hydrogen-bond acceptors (Lipinski definition) is 3. The van der Waals surface area contributed by atoms with Gasteiger partial charge in [-0.1, -0.05) is 72.8 Å². The maximum absolute atomic E-state index is 14.0. The molecule has 31 heavy (non-hydrogen) atoms. The fourth-order valence-corrected chi connectivity index (χ4v) is 3.85. The van der Waals surface area contributed by atoms with E-state index in [-0.39, 0.29) is 5.82 Å². The molecule has 158 valence electrons. The van der Waals surface area contributed by atoms with Gasteiger partial charge < -0.3 is 15.1 Å². The number of anilines is 1. The van der Waals surface area contributed by atoms with Gasteiger partial charge >= 0.3 is 11.8 Å². The molecule has 1 heterocycles. The smallest absolute Gasteiger partial charge is 0.312 e. The van der Waals surface area contributed by atoms with E-state index < -0.39 is 17.9 Å². The minimum atomic E-state index is -0.642. The first-order valence-electron chi connectivity index (χ1n) is 10.3. The third-order valence-electron chi connectivity index (χ3n) is 5.50. The summed E-state index contributed by atoms with van der Waals surface area (Å²) in [6.07, 6.45) is 0. The van der Waals surface area contributed by atoms with Crippen molar-refractivity contribution >= 4 is 17.5 Å². The predicted octanol–water partition coefficient (Wildman–Crippen LogP) is 3.38. The standard InChI is InChI=1S/C25H24FN3O2/c26-21-13-7-8-14-22(21)28-15-17-29(18-16-28)25(31)24(30)27-23(19-9-3-1-4-10-19)20-11-5-2-6-12-20/h1-14,23H,15-18H2,(H,27,30). The molecule has 6 heteroatoms. The largest absolute Gasteiger partial charge is 0.366 e. The number of para-hydroxylation sites is 1. The Morgan fingerprint density at radius 2 is 1.26 bits per heavy atom. The maximum atomic E-state index is 14.0. The van der Waals surface area contributed by atoms with E-state index >= 15 is 0 Å². The van der Waals surface area contributed by atoms with Crippen LogP contribution in [0.15, 0.2) is 84.9 Å². The van der Waals surface area contributed by atoms with Crippen molar-refractivity contribution in [3.8, 4) is 0 Å². The summed E-state index contributed by atoms with van der Waals surface area (Å²) in [7, 11) is 0. The number of nitrogens with zero attached hydrogens (tertiary/aromatic N) is 2. The zero-order valence-electron chi connectivity index (χ0n) is 17.1. The number of benzene rings is 3. The van der Waals surface area contributed by atoms with Gasteiger partial charge in [-0.3, -0.25) is 9.59 Å². The lowest BCUT2D eigenvalue weighted by atomic mass is 9.98. The van der Waals surface area contributed by atoms with Crippen molar-refractivity contribution in [2.24, 2.45) is 0 Å². The van der Waals surface area contributed by atoms with Crippen LogP contribution < -0.4 is 10.2 Å². The molecule has 0 bridgehead atoms. The Labute approximate surface area is 181 Å². The van der Waals surface area contributed by atoms with Crippen molar-refractivity contribution in [3.63, 3.8) is 0 Å². The van der Waals surface area contributed by atoms with Gasteiger partial charge in [0.1, 0.15) is 5.82 Å². The third-order valence-corrected chi connectivity index (χ3v) is 5.50. The van der Waals surface area contributed by atoms with Gasteiger partial charge in [-0.15, -0.1) is 0 Å². The molecule has 1 aliphatic heterocycles. The van der Waals surface area contributed by atoms with Crippen LogP contribution in [0.4, 0.5) is 10.1 Å². The average Bonchev–Trinajstić information content (AvgIpc) is 2.83. The molecule has 1 saturated heterocycles. The molecule has 2 amide bonds. The van der Waals surface area contributed by atoms with Crippen molar-refractivity contribution in [2.75, 3.05) is 31.1 Å². The normalized spacial score (nSPS) is 13.9. The van der Waals surface area contributed by atoms with Crippen LogP contribution >= 0.6 is 0 Å². The van der Waals surface area contributed by atoms with Gasteiger partial charge in [0.15, 0.2) is 0 Å². The number of carbonyl (C=O) groups is 2. The van der Waals surface area contributed by atoms with Crippen LogP contribution in [0.1, 0.15) is 17.2 Å². The van der Waals surface area contributed by atoms with Crippen molar-refractivity contribution in [2.45, 2.75) is 6.04 Å². The van der Waals surface area contributed by atoms with Gasteiger partial charge in [-0.25, -0.2) is 4.39 Å². The summed E-state index contributed by atoms with van der Waals surface area (Å²) in [5.74, 6) is -1.49. The Hall–Kier alpha value is -3.67. The summed E-state index contributed by atoms with van der Waals surface area (Å²) in [5, 5.41) is 2.89. The molecular formula is C25H24FN3O2. The van der Waals surface area contributed by atoms with E-state index in [4.69, 9.17) is 0 Å². The Balaban J connectivity index is 1.43. The predicted molar refractivity (Wildman–Crippen MR) is 118 cm³/mol. The van der Waals surface area contributed by atoms with Crippen molar-refractivity contribution in [3.05, 3.63) is 102 Å². The fraction of sp³-hybridized carbons (Fsp3) is 0.200. The van der Waals surface area contributed by atoms with Crippen molar-refractivity contribution in [1.82, 2.24) is 10.2 Å². The minimum Gasteiger partial charge on any atom is -0.366 e. The Morgan fingerprint density at radius 3 is 1.81 bits per heavy atom. The molecule has 0 spiro atoms. The van der Waals surface area contributed by atoms with E-state index in [1.165, 1.54) is 11.0 Å². The molecule has 3 aromatic carbocycles. The molecule has 0 aromatic heterocycles. The van der Waals surface area contributed by atoms with Crippen LogP contribution in [-0.4, -0.2) is 42.9 Å². The second-order valence-electron chi connectivity index (χ2n) is 7.46. The molecule has 1 fully saturated rings. The Morgan fingerprint density at radius 1 is 0.742 bits per heavy atom. The summed E-state index contributed by atoms with van der Waals surface area (Å²) in [4.78, 5) is 29.1. The summed E-state index contributed by atoms with van der Waals surface area (Å²) in [6.45, 7) is 1.67. The van der Waals surface area contributed by atoms with Gasteiger partial charge in [0.25, 0.3) is 0 Å². The number of rotatable bonds is 4. The van der Waals surface area contributed by atoms with Crippen LogP contribution in [-0.2, 0) is 9.59 Å². The van der Waals surface area contributed by atoms with Gasteiger partial charge in [0.2, 0.25) is 0 Å². The lowest BCUT2D eigenvalue weighted by Gasteiger charge is -2.36. The summed E-state index contributed by atoms with van der Waals surface area (Å²) in [5.41, 5.74) is 2.32. The molecule has 0 atom stereocenters. The number of amides is 2. The lowest BCUT2D eigenvalue weighted by molar-refractivity contribution is -0.146. The number of carbonyl (C=O) groups excluding carboxylic acids is 2. The van der Waals surface area contributed by atoms with Gasteiger partial charge in [0.05, 0.1) is 11.7 Å². The highest BCUT2D eigenvalue weighted by Gasteiger charge is 2.29. The second-order valence-corrected chi connectivity index (χ2v) is 7.46. The van der Waals surface area contributed by atoms with Crippen LogP contribution in [0.5, 0.6) is 0 Å². The van der Waals surface area contributed by atoms with Crippen LogP contribution in [0.25, 0.3) is 0 Å². The van der Waals surface area contributed by atoms with E-state index in [1.54, 1.807) is 18.2 Å². The fourth-order valence-electron chi connectivity index (χ4n) is 3.85. The van der Waals surface area contributed by atoms with Crippen molar-refractivity contribution in [1.29, 1.82) is 0 Å². The first kappa shape index (κ1) is 20.6. The summed E-state index contributed by atoms with van der Waals surface area (Å²) in [6, 6.07) is 25.3. The van der Waals surface area contributed by atoms with E-state index in [0.717, 1.165) is 11.1 Å². The van der Waals surface area contributed by atoms with Crippen LogP contribution in [0, 0.1) is 5.82 Å². The number of hydrogen-bond donors (Lipinski definition) is 1. The Bertz CT molecular complexity index is 995. The maximum Gasteiger partial charge on any atom is 0.312 e. The molecule has 5 nitrogen and oxygen atoms in total. The van der Waals surface area contributed by atoms with Crippen LogP contribution in [0.3, 0.4) is 0 Å². The van der Waals surface area contributed by atoms with Gasteiger partial charge in [0, 0.05) is 26.2 Å². The first-order chi connectivity index (χ1) is 15.1. The zero-order chi connectivity index (χ0) is 21.6. The highest BCUT2D eigenvalue weighted by Crippen LogP contribution is 2.23. The molecule has 0 radical (unpaired) electrons. The Kier molecular flexibility index (Phi) is 6.26. The molecule has 1 N–H and O–H groups in total. The number of piperazine rings is 1. The van der Waals surface area contributed by atoms with Crippen LogP contribution in [0.2, 0.25) is 0 Å². The second kappa shape index (κ2) is 9.43. The molecule has 3 aromatic rings. The number of nitrogens with one attached hydrogen (secondary N) is 1. The van der Waals surface area contributed by atoms with Gasteiger partial charge in [-0.2, -0.15) is 0 Å².